The lowest BCUT2D eigenvalue weighted by atomic mass is 10.2. The van der Waals surface area contributed by atoms with Crippen LogP contribution in [0, 0.1) is 11.6 Å². The molecule has 1 heterocycles. The number of hydrogen-bond donors (Lipinski definition) is 0. The van der Waals surface area contributed by atoms with Gasteiger partial charge in [0.05, 0.1) is 15.1 Å². The van der Waals surface area contributed by atoms with Crippen molar-refractivity contribution >= 4 is 61.9 Å². The Morgan fingerprint density at radius 3 is 2.65 bits per heavy atom. The van der Waals surface area contributed by atoms with Crippen LogP contribution in [-0.2, 0) is 4.79 Å². The highest BCUT2D eigenvalue weighted by atomic mass is 79.9. The molecule has 2 aromatic rings. The number of hydrogen-bond acceptors (Lipinski definition) is 3. The summed E-state index contributed by atoms with van der Waals surface area (Å²) >= 11 is 9.45. The van der Waals surface area contributed by atoms with Crippen molar-refractivity contribution in [2.45, 2.75) is 0 Å². The van der Waals surface area contributed by atoms with Crippen molar-refractivity contribution in [3.8, 4) is 0 Å². The first-order valence-corrected chi connectivity index (χ1v) is 8.46. The molecule has 0 radical (unpaired) electrons. The first-order valence-electron chi connectivity index (χ1n) is 6.44. The van der Waals surface area contributed by atoms with E-state index in [1.165, 1.54) is 29.2 Å². The fourth-order valence-corrected chi connectivity index (χ4v) is 3.75. The zero-order valence-corrected chi connectivity index (χ0v) is 14.6. The number of thioether (sulfide) groups is 1. The summed E-state index contributed by atoms with van der Waals surface area (Å²) in [6, 6.07) is 10.1. The number of carbonyl (C=O) groups excluding carboxylic acids is 1. The first-order chi connectivity index (χ1) is 11.0. The SMILES string of the molecule is O=C1/C(=C/c2ccc(F)c(Br)c2)SC(=S)N1c1cccc(F)c1. The molecule has 2 aromatic carbocycles. The van der Waals surface area contributed by atoms with Crippen LogP contribution in [0.15, 0.2) is 51.8 Å². The molecular formula is C16H8BrF2NOS2. The molecular weight excluding hydrogens is 404 g/mol. The van der Waals surface area contributed by atoms with Crippen molar-refractivity contribution in [1.29, 1.82) is 0 Å². The number of amides is 1. The molecule has 116 valence electrons. The van der Waals surface area contributed by atoms with Crippen LogP contribution in [0.3, 0.4) is 0 Å². The Labute approximate surface area is 149 Å². The second kappa shape index (κ2) is 6.51. The highest BCUT2D eigenvalue weighted by Crippen LogP contribution is 2.36. The van der Waals surface area contributed by atoms with Gasteiger partial charge in [-0.25, -0.2) is 8.78 Å². The Morgan fingerprint density at radius 1 is 1.17 bits per heavy atom. The average Bonchev–Trinajstić information content (AvgIpc) is 2.77. The molecule has 0 N–H and O–H groups in total. The van der Waals surface area contributed by atoms with Crippen LogP contribution < -0.4 is 4.90 Å². The van der Waals surface area contributed by atoms with Crippen LogP contribution >= 0.6 is 39.9 Å². The summed E-state index contributed by atoms with van der Waals surface area (Å²) in [6.07, 6.45) is 1.63. The number of thiocarbonyl (C=S) groups is 1. The van der Waals surface area contributed by atoms with E-state index in [9.17, 15) is 13.6 Å². The molecule has 1 saturated heterocycles. The maximum atomic E-state index is 13.4. The molecule has 1 fully saturated rings. The van der Waals surface area contributed by atoms with Crippen molar-refractivity contribution in [2.24, 2.45) is 0 Å². The van der Waals surface area contributed by atoms with Crippen LogP contribution in [0.25, 0.3) is 6.08 Å². The van der Waals surface area contributed by atoms with Crippen LogP contribution in [-0.4, -0.2) is 10.2 Å². The largest absolute Gasteiger partial charge is 0.270 e. The van der Waals surface area contributed by atoms with Gasteiger partial charge in [0, 0.05) is 0 Å². The maximum absolute atomic E-state index is 13.4. The summed E-state index contributed by atoms with van der Waals surface area (Å²) in [5, 5.41) is 0. The Kier molecular flexibility index (Phi) is 4.61. The molecule has 0 aromatic heterocycles. The number of halogens is 3. The molecule has 2 nitrogen and oxygen atoms in total. The van der Waals surface area contributed by atoms with Gasteiger partial charge in [-0.1, -0.05) is 36.1 Å². The quantitative estimate of drug-likeness (QED) is 0.504. The van der Waals surface area contributed by atoms with Gasteiger partial charge in [0.15, 0.2) is 4.32 Å². The van der Waals surface area contributed by atoms with Gasteiger partial charge in [-0.15, -0.1) is 0 Å². The average molecular weight is 412 g/mol. The highest BCUT2D eigenvalue weighted by Gasteiger charge is 2.33. The van der Waals surface area contributed by atoms with Gasteiger partial charge in [0.25, 0.3) is 5.91 Å². The molecule has 3 rings (SSSR count). The number of nitrogens with zero attached hydrogens (tertiary/aromatic N) is 1. The molecule has 1 amide bonds. The van der Waals surface area contributed by atoms with E-state index < -0.39 is 5.82 Å². The lowest BCUT2D eigenvalue weighted by molar-refractivity contribution is -0.113. The summed E-state index contributed by atoms with van der Waals surface area (Å²) in [5.41, 5.74) is 1.05. The summed E-state index contributed by atoms with van der Waals surface area (Å²) in [6.45, 7) is 0. The maximum Gasteiger partial charge on any atom is 0.270 e. The third-order valence-corrected chi connectivity index (χ3v) is 5.01. The van der Waals surface area contributed by atoms with Crippen LogP contribution in [0.4, 0.5) is 14.5 Å². The number of rotatable bonds is 2. The van der Waals surface area contributed by atoms with Gasteiger partial charge < -0.3 is 0 Å². The standard InChI is InChI=1S/C16H8BrF2NOS2/c17-12-6-9(4-5-13(12)19)7-14-15(21)20(16(22)23-14)11-3-1-2-10(18)8-11/h1-8H/b14-7-. The van der Waals surface area contributed by atoms with Crippen LogP contribution in [0.1, 0.15) is 5.56 Å². The van der Waals surface area contributed by atoms with Gasteiger partial charge >= 0.3 is 0 Å². The van der Waals surface area contributed by atoms with Gasteiger partial charge in [0.2, 0.25) is 0 Å². The lowest BCUT2D eigenvalue weighted by Gasteiger charge is -2.14. The van der Waals surface area contributed by atoms with E-state index >= 15 is 0 Å². The third kappa shape index (κ3) is 3.36. The third-order valence-electron chi connectivity index (χ3n) is 3.10. The van der Waals surface area contributed by atoms with E-state index in [2.05, 4.69) is 15.9 Å². The Hall–Kier alpha value is -1.57. The minimum absolute atomic E-state index is 0.312. The number of carbonyl (C=O) groups is 1. The Bertz CT molecular complexity index is 854. The molecule has 0 unspecified atom stereocenters. The fourth-order valence-electron chi connectivity index (χ4n) is 2.06. The molecule has 0 aliphatic carbocycles. The minimum atomic E-state index is -0.442. The Balaban J connectivity index is 1.94. The molecule has 7 heteroatoms. The molecule has 0 atom stereocenters. The van der Waals surface area contributed by atoms with Crippen molar-refractivity contribution in [2.75, 3.05) is 4.90 Å². The van der Waals surface area contributed by atoms with Gasteiger partial charge in [0.1, 0.15) is 11.6 Å². The number of anilines is 1. The highest BCUT2D eigenvalue weighted by molar-refractivity contribution is 9.10. The predicted molar refractivity (Wildman–Crippen MR) is 96.2 cm³/mol. The molecule has 1 aliphatic rings. The van der Waals surface area contributed by atoms with Crippen LogP contribution in [0.2, 0.25) is 0 Å². The smallest absolute Gasteiger partial charge is 0.268 e. The zero-order valence-electron chi connectivity index (χ0n) is 11.4. The Morgan fingerprint density at radius 2 is 1.96 bits per heavy atom. The summed E-state index contributed by atoms with van der Waals surface area (Å²) in [5.74, 6) is -1.15. The van der Waals surface area contributed by atoms with Gasteiger partial charge in [-0.05, 0) is 57.9 Å². The van der Waals surface area contributed by atoms with E-state index in [0.29, 0.717) is 24.9 Å². The topological polar surface area (TPSA) is 20.3 Å². The van der Waals surface area contributed by atoms with E-state index in [1.807, 2.05) is 0 Å². The lowest BCUT2D eigenvalue weighted by Crippen LogP contribution is -2.27. The summed E-state index contributed by atoms with van der Waals surface area (Å²) in [7, 11) is 0. The van der Waals surface area contributed by atoms with E-state index in [0.717, 1.165) is 11.8 Å². The van der Waals surface area contributed by atoms with E-state index in [4.69, 9.17) is 12.2 Å². The van der Waals surface area contributed by atoms with Crippen molar-refractivity contribution in [3.05, 3.63) is 69.0 Å². The van der Waals surface area contributed by atoms with E-state index in [-0.39, 0.29) is 11.7 Å². The monoisotopic (exact) mass is 411 g/mol. The zero-order chi connectivity index (χ0) is 16.6. The molecule has 0 saturated carbocycles. The minimum Gasteiger partial charge on any atom is -0.268 e. The van der Waals surface area contributed by atoms with Gasteiger partial charge in [-0.3, -0.25) is 9.69 Å². The van der Waals surface area contributed by atoms with Crippen molar-refractivity contribution < 1.29 is 13.6 Å². The fraction of sp³-hybridized carbons (Fsp3) is 0. The normalized spacial score (nSPS) is 16.5. The molecule has 1 aliphatic heterocycles. The second-order valence-corrected chi connectivity index (χ2v) is 7.20. The van der Waals surface area contributed by atoms with Crippen molar-refractivity contribution in [3.63, 3.8) is 0 Å². The van der Waals surface area contributed by atoms with Crippen LogP contribution in [0.5, 0.6) is 0 Å². The van der Waals surface area contributed by atoms with Gasteiger partial charge in [-0.2, -0.15) is 0 Å². The first kappa shape index (κ1) is 16.3. The number of benzene rings is 2. The summed E-state index contributed by atoms with van der Waals surface area (Å²) in [4.78, 5) is 14.2. The molecule has 0 spiro atoms. The summed E-state index contributed by atoms with van der Waals surface area (Å²) < 4.78 is 27.3. The predicted octanol–water partition coefficient (Wildman–Crippen LogP) is 5.13. The molecule has 0 bridgehead atoms. The second-order valence-electron chi connectivity index (χ2n) is 4.67. The molecule has 23 heavy (non-hydrogen) atoms. The van der Waals surface area contributed by atoms with E-state index in [1.54, 1.807) is 24.3 Å². The van der Waals surface area contributed by atoms with Crippen molar-refractivity contribution in [1.82, 2.24) is 0 Å².